The number of aromatic nitrogens is 3. The number of hydrogen-bond acceptors (Lipinski definition) is 3. The van der Waals surface area contributed by atoms with Crippen LogP contribution in [0.1, 0.15) is 36.8 Å². The van der Waals surface area contributed by atoms with Crippen LogP contribution in [0.3, 0.4) is 0 Å². The maximum atomic E-state index is 13.3. The van der Waals surface area contributed by atoms with Crippen molar-refractivity contribution < 1.29 is 4.39 Å². The largest absolute Gasteiger partial charge is 0.313 e. The summed E-state index contributed by atoms with van der Waals surface area (Å²) in [7, 11) is 1.88. The molecule has 0 aliphatic rings. The van der Waals surface area contributed by atoms with E-state index in [1.54, 1.807) is 6.20 Å². The Morgan fingerprint density at radius 1 is 1.30 bits per heavy atom. The van der Waals surface area contributed by atoms with E-state index >= 15 is 0 Å². The molecule has 2 aromatic heterocycles. The summed E-state index contributed by atoms with van der Waals surface area (Å²) in [5.74, 6) is -0.305. The minimum absolute atomic E-state index is 0.0323. The smallest absolute Gasteiger partial charge is 0.141 e. The summed E-state index contributed by atoms with van der Waals surface area (Å²) >= 11 is 0. The van der Waals surface area contributed by atoms with Crippen LogP contribution >= 0.6 is 0 Å². The molecule has 2 aromatic rings. The van der Waals surface area contributed by atoms with E-state index in [9.17, 15) is 4.39 Å². The maximum Gasteiger partial charge on any atom is 0.141 e. The molecule has 2 rings (SSSR count). The van der Waals surface area contributed by atoms with E-state index in [1.807, 2.05) is 11.7 Å². The number of rotatable bonds is 6. The molecule has 0 aliphatic carbocycles. The average molecular weight is 276 g/mol. The number of likely N-dealkylation sites (N-methyl/N-ethyl adjacent to an activating group) is 1. The molecule has 1 unspecified atom stereocenters. The second-order valence-corrected chi connectivity index (χ2v) is 4.78. The van der Waals surface area contributed by atoms with Crippen LogP contribution in [-0.2, 0) is 19.4 Å². The van der Waals surface area contributed by atoms with Crippen molar-refractivity contribution in [1.82, 2.24) is 20.1 Å². The van der Waals surface area contributed by atoms with Gasteiger partial charge in [0.05, 0.1) is 11.9 Å². The van der Waals surface area contributed by atoms with Crippen LogP contribution in [0.15, 0.2) is 24.5 Å². The van der Waals surface area contributed by atoms with Crippen LogP contribution in [0, 0.1) is 5.82 Å². The van der Waals surface area contributed by atoms with Gasteiger partial charge in [0, 0.05) is 30.9 Å². The van der Waals surface area contributed by atoms with Crippen LogP contribution in [-0.4, -0.2) is 21.8 Å². The van der Waals surface area contributed by atoms with Gasteiger partial charge in [-0.1, -0.05) is 6.92 Å². The molecule has 0 spiro atoms. The first-order valence-electron chi connectivity index (χ1n) is 7.01. The third-order valence-corrected chi connectivity index (χ3v) is 3.47. The minimum atomic E-state index is -0.305. The Labute approximate surface area is 119 Å². The van der Waals surface area contributed by atoms with Crippen molar-refractivity contribution in [1.29, 1.82) is 0 Å². The lowest BCUT2D eigenvalue weighted by molar-refractivity contribution is 0.533. The number of pyridine rings is 1. The van der Waals surface area contributed by atoms with Gasteiger partial charge in [-0.25, -0.2) is 4.39 Å². The van der Waals surface area contributed by atoms with Gasteiger partial charge in [-0.2, -0.15) is 5.10 Å². The molecule has 108 valence electrons. The fourth-order valence-corrected chi connectivity index (χ4v) is 2.34. The van der Waals surface area contributed by atoms with Crippen molar-refractivity contribution in [2.45, 2.75) is 39.3 Å². The molecular formula is C15H21FN4. The second-order valence-electron chi connectivity index (χ2n) is 4.78. The predicted octanol–water partition coefficient (Wildman–Crippen LogP) is 2.50. The molecule has 0 aromatic carbocycles. The highest BCUT2D eigenvalue weighted by Gasteiger charge is 2.15. The molecule has 2 heterocycles. The fourth-order valence-electron chi connectivity index (χ4n) is 2.34. The van der Waals surface area contributed by atoms with E-state index in [0.717, 1.165) is 36.3 Å². The van der Waals surface area contributed by atoms with Gasteiger partial charge in [0.2, 0.25) is 0 Å². The molecule has 20 heavy (non-hydrogen) atoms. The number of hydrogen-bond donors (Lipinski definition) is 1. The van der Waals surface area contributed by atoms with Crippen LogP contribution in [0.2, 0.25) is 0 Å². The van der Waals surface area contributed by atoms with E-state index in [0.29, 0.717) is 0 Å². The SMILES string of the molecule is CCc1cc(CC(NC)c2cncc(F)c2)n(CC)n1. The Balaban J connectivity index is 2.24. The zero-order chi connectivity index (χ0) is 14.5. The summed E-state index contributed by atoms with van der Waals surface area (Å²) in [5.41, 5.74) is 3.11. The molecule has 0 radical (unpaired) electrons. The summed E-state index contributed by atoms with van der Waals surface area (Å²) in [6, 6.07) is 3.69. The molecule has 1 N–H and O–H groups in total. The van der Waals surface area contributed by atoms with Gasteiger partial charge in [-0.15, -0.1) is 0 Å². The molecule has 0 amide bonds. The van der Waals surface area contributed by atoms with Crippen LogP contribution in [0.5, 0.6) is 0 Å². The predicted molar refractivity (Wildman–Crippen MR) is 77.0 cm³/mol. The number of aryl methyl sites for hydroxylation is 2. The van der Waals surface area contributed by atoms with Crippen LogP contribution in [0.25, 0.3) is 0 Å². The Bertz CT molecular complexity index is 565. The zero-order valence-corrected chi connectivity index (χ0v) is 12.2. The quantitative estimate of drug-likeness (QED) is 0.881. The molecular weight excluding hydrogens is 255 g/mol. The number of halogens is 1. The van der Waals surface area contributed by atoms with E-state index in [4.69, 9.17) is 0 Å². The first-order valence-corrected chi connectivity index (χ1v) is 7.01. The lowest BCUT2D eigenvalue weighted by atomic mass is 10.0. The molecule has 4 nitrogen and oxygen atoms in total. The third kappa shape index (κ3) is 3.22. The Morgan fingerprint density at radius 3 is 2.70 bits per heavy atom. The third-order valence-electron chi connectivity index (χ3n) is 3.47. The molecule has 1 atom stereocenters. The summed E-state index contributed by atoms with van der Waals surface area (Å²) in [6.45, 7) is 5.01. The molecule has 5 heteroatoms. The van der Waals surface area contributed by atoms with Crippen molar-refractivity contribution in [3.8, 4) is 0 Å². The standard InChI is InChI=1S/C15H21FN4/c1-4-13-7-14(20(5-2)19-13)8-15(17-3)11-6-12(16)10-18-9-11/h6-7,9-10,15,17H,4-5,8H2,1-3H3. The highest BCUT2D eigenvalue weighted by molar-refractivity contribution is 5.19. The molecule has 0 bridgehead atoms. The maximum absolute atomic E-state index is 13.3. The lowest BCUT2D eigenvalue weighted by Crippen LogP contribution is -2.20. The fraction of sp³-hybridized carbons (Fsp3) is 0.467. The van der Waals surface area contributed by atoms with Gasteiger partial charge in [-0.3, -0.25) is 9.67 Å². The molecule has 0 aliphatic heterocycles. The van der Waals surface area contributed by atoms with Crippen molar-refractivity contribution >= 4 is 0 Å². The number of nitrogens with zero attached hydrogens (tertiary/aromatic N) is 3. The highest BCUT2D eigenvalue weighted by atomic mass is 19.1. The van der Waals surface area contributed by atoms with Gasteiger partial charge in [0.25, 0.3) is 0 Å². The second kappa shape index (κ2) is 6.61. The van der Waals surface area contributed by atoms with Gasteiger partial charge >= 0.3 is 0 Å². The van der Waals surface area contributed by atoms with Gasteiger partial charge < -0.3 is 5.32 Å². The van der Waals surface area contributed by atoms with E-state index < -0.39 is 0 Å². The van der Waals surface area contributed by atoms with E-state index in [-0.39, 0.29) is 11.9 Å². The average Bonchev–Trinajstić information content (AvgIpc) is 2.87. The summed E-state index contributed by atoms with van der Waals surface area (Å²) in [4.78, 5) is 3.92. The normalized spacial score (nSPS) is 12.6. The first-order chi connectivity index (χ1) is 9.67. The van der Waals surface area contributed by atoms with Crippen LogP contribution < -0.4 is 5.32 Å². The Morgan fingerprint density at radius 2 is 2.10 bits per heavy atom. The Hall–Kier alpha value is -1.75. The summed E-state index contributed by atoms with van der Waals surface area (Å²) in [5, 5.41) is 7.77. The first kappa shape index (κ1) is 14.7. The van der Waals surface area contributed by atoms with Gasteiger partial charge in [0.15, 0.2) is 0 Å². The topological polar surface area (TPSA) is 42.7 Å². The lowest BCUT2D eigenvalue weighted by Gasteiger charge is -2.16. The van der Waals surface area contributed by atoms with Gasteiger partial charge in [0.1, 0.15) is 5.82 Å². The van der Waals surface area contributed by atoms with Gasteiger partial charge in [-0.05, 0) is 38.1 Å². The zero-order valence-electron chi connectivity index (χ0n) is 12.2. The van der Waals surface area contributed by atoms with Crippen molar-refractivity contribution in [2.75, 3.05) is 7.05 Å². The van der Waals surface area contributed by atoms with E-state index in [2.05, 4.69) is 35.3 Å². The monoisotopic (exact) mass is 276 g/mol. The Kier molecular flexibility index (Phi) is 4.84. The minimum Gasteiger partial charge on any atom is -0.313 e. The molecule has 0 fully saturated rings. The van der Waals surface area contributed by atoms with E-state index in [1.165, 1.54) is 12.3 Å². The molecule has 0 saturated carbocycles. The molecule has 0 saturated heterocycles. The highest BCUT2D eigenvalue weighted by Crippen LogP contribution is 2.19. The summed E-state index contributed by atoms with van der Waals surface area (Å²) < 4.78 is 15.3. The van der Waals surface area contributed by atoms with Crippen molar-refractivity contribution in [2.24, 2.45) is 0 Å². The summed E-state index contributed by atoms with van der Waals surface area (Å²) in [6.07, 6.45) is 4.62. The van der Waals surface area contributed by atoms with Crippen molar-refractivity contribution in [3.05, 3.63) is 47.3 Å². The number of nitrogens with one attached hydrogen (secondary N) is 1. The van der Waals surface area contributed by atoms with Crippen LogP contribution in [0.4, 0.5) is 4.39 Å². The van der Waals surface area contributed by atoms with Crippen molar-refractivity contribution in [3.63, 3.8) is 0 Å².